The van der Waals surface area contributed by atoms with E-state index in [1.807, 2.05) is 17.0 Å². The molecule has 7 heteroatoms. The molecule has 1 aromatic rings. The Morgan fingerprint density at radius 1 is 1.26 bits per heavy atom. The first kappa shape index (κ1) is 21.7. The van der Waals surface area contributed by atoms with Crippen LogP contribution in [0, 0.1) is 5.92 Å². The highest BCUT2D eigenvalue weighted by Crippen LogP contribution is 2.44. The van der Waals surface area contributed by atoms with Crippen molar-refractivity contribution >= 4 is 11.7 Å². The summed E-state index contributed by atoms with van der Waals surface area (Å²) in [6.07, 6.45) is 6.94. The number of hydrogen-bond acceptors (Lipinski definition) is 5. The standard InChI is InChI=1S/C24H34N4O3/c1-2-28-21(19-5-3-4-6-20(19)22(28)16-25)15-23(29)17-7-11-27(12-8-17)24(30)26-18-9-13-31-14-10-18/h2-6,16-18,21,23,29H,1,7-15,25H2,(H,26,30)/b22-16-/t21-,23-/m0/s1. The predicted molar refractivity (Wildman–Crippen MR) is 121 cm³/mol. The summed E-state index contributed by atoms with van der Waals surface area (Å²) in [7, 11) is 0. The highest BCUT2D eigenvalue weighted by atomic mass is 16.5. The molecule has 1 aromatic carbocycles. The van der Waals surface area contributed by atoms with Gasteiger partial charge in [0.15, 0.2) is 0 Å². The van der Waals surface area contributed by atoms with E-state index in [0.717, 1.165) is 36.9 Å². The van der Waals surface area contributed by atoms with Gasteiger partial charge in [-0.3, -0.25) is 0 Å². The number of piperidine rings is 1. The number of aliphatic hydroxyl groups excluding tert-OH is 1. The lowest BCUT2D eigenvalue weighted by Crippen LogP contribution is -2.50. The summed E-state index contributed by atoms with van der Waals surface area (Å²) in [5.41, 5.74) is 9.10. The third kappa shape index (κ3) is 4.57. The fourth-order valence-electron chi connectivity index (χ4n) is 5.14. The number of likely N-dealkylation sites (tertiary alicyclic amines) is 1. The molecule has 0 radical (unpaired) electrons. The number of nitrogens with two attached hydrogens (primary N) is 1. The second-order valence-corrected chi connectivity index (χ2v) is 8.71. The molecule has 2 amide bonds. The van der Waals surface area contributed by atoms with Crippen LogP contribution in [-0.2, 0) is 4.74 Å². The Labute approximate surface area is 184 Å². The molecule has 31 heavy (non-hydrogen) atoms. The number of carbonyl (C=O) groups is 1. The predicted octanol–water partition coefficient (Wildman–Crippen LogP) is 2.80. The third-order valence-electron chi connectivity index (χ3n) is 6.95. The molecule has 7 nitrogen and oxygen atoms in total. The van der Waals surface area contributed by atoms with Crippen molar-refractivity contribution in [2.24, 2.45) is 11.7 Å². The smallest absolute Gasteiger partial charge is 0.317 e. The van der Waals surface area contributed by atoms with Crippen LogP contribution in [0.5, 0.6) is 0 Å². The van der Waals surface area contributed by atoms with Crippen LogP contribution in [0.15, 0.2) is 43.2 Å². The number of nitrogens with one attached hydrogen (secondary N) is 1. The molecule has 4 rings (SSSR count). The van der Waals surface area contributed by atoms with Gasteiger partial charge in [0.25, 0.3) is 0 Å². The summed E-state index contributed by atoms with van der Waals surface area (Å²) in [6, 6.07) is 8.43. The molecule has 0 unspecified atom stereocenters. The zero-order valence-electron chi connectivity index (χ0n) is 18.1. The number of carbonyl (C=O) groups excluding carboxylic acids is 1. The van der Waals surface area contributed by atoms with Gasteiger partial charge in [-0.25, -0.2) is 4.79 Å². The number of rotatable bonds is 5. The Balaban J connectivity index is 1.33. The zero-order chi connectivity index (χ0) is 21.8. The van der Waals surface area contributed by atoms with Gasteiger partial charge < -0.3 is 30.7 Å². The summed E-state index contributed by atoms with van der Waals surface area (Å²) in [6.45, 7) is 6.74. The van der Waals surface area contributed by atoms with E-state index < -0.39 is 6.10 Å². The maximum atomic E-state index is 12.6. The van der Waals surface area contributed by atoms with Crippen LogP contribution in [0.4, 0.5) is 4.79 Å². The first-order valence-electron chi connectivity index (χ1n) is 11.4. The van der Waals surface area contributed by atoms with Gasteiger partial charge in [-0.15, -0.1) is 0 Å². The Hall–Kier alpha value is -2.51. The highest BCUT2D eigenvalue weighted by Gasteiger charge is 2.36. The molecule has 3 aliphatic heterocycles. The van der Waals surface area contributed by atoms with Crippen LogP contribution in [0.1, 0.15) is 49.3 Å². The van der Waals surface area contributed by atoms with Gasteiger partial charge >= 0.3 is 6.03 Å². The SMILES string of the molecule is C=CN1/C(=C\N)c2ccccc2[C@@H]1C[C@H](O)C1CCN(C(=O)NC2CCOCC2)CC1. The monoisotopic (exact) mass is 426 g/mol. The Morgan fingerprint density at radius 2 is 1.97 bits per heavy atom. The van der Waals surface area contributed by atoms with Crippen molar-refractivity contribution < 1.29 is 14.6 Å². The van der Waals surface area contributed by atoms with Gasteiger partial charge in [-0.1, -0.05) is 30.8 Å². The molecule has 2 atom stereocenters. The molecule has 0 aliphatic carbocycles. The number of hydrogen-bond donors (Lipinski definition) is 3. The summed E-state index contributed by atoms with van der Waals surface area (Å²) >= 11 is 0. The molecule has 3 aliphatic rings. The van der Waals surface area contributed by atoms with Crippen LogP contribution in [0.2, 0.25) is 0 Å². The topological polar surface area (TPSA) is 91.1 Å². The lowest BCUT2D eigenvalue weighted by atomic mass is 9.86. The molecule has 0 aromatic heterocycles. The number of nitrogens with zero attached hydrogens (tertiary/aromatic N) is 2. The quantitative estimate of drug-likeness (QED) is 0.674. The lowest BCUT2D eigenvalue weighted by Gasteiger charge is -2.37. The minimum absolute atomic E-state index is 0.0140. The van der Waals surface area contributed by atoms with E-state index in [-0.39, 0.29) is 24.0 Å². The normalized spacial score (nSPS) is 24.8. The molecule has 0 saturated carbocycles. The molecule has 4 N–H and O–H groups in total. The molecule has 0 bridgehead atoms. The lowest BCUT2D eigenvalue weighted by molar-refractivity contribution is 0.0459. The summed E-state index contributed by atoms with van der Waals surface area (Å²) in [5, 5.41) is 14.2. The van der Waals surface area contributed by atoms with E-state index in [0.29, 0.717) is 32.7 Å². The first-order chi connectivity index (χ1) is 15.1. The van der Waals surface area contributed by atoms with Gasteiger partial charge in [0, 0.05) is 44.1 Å². The van der Waals surface area contributed by atoms with Gasteiger partial charge in [0.2, 0.25) is 0 Å². The molecule has 0 spiro atoms. The van der Waals surface area contributed by atoms with E-state index in [1.54, 1.807) is 12.4 Å². The van der Waals surface area contributed by atoms with Crippen LogP contribution in [-0.4, -0.2) is 59.4 Å². The number of fused-ring (bicyclic) bond motifs is 1. The number of aliphatic hydroxyl groups is 1. The largest absolute Gasteiger partial charge is 0.403 e. The summed E-state index contributed by atoms with van der Waals surface area (Å²) < 4.78 is 5.36. The maximum absolute atomic E-state index is 12.6. The number of urea groups is 1. The van der Waals surface area contributed by atoms with Gasteiger partial charge in [-0.2, -0.15) is 0 Å². The van der Waals surface area contributed by atoms with Crippen LogP contribution >= 0.6 is 0 Å². The average molecular weight is 427 g/mol. The number of ether oxygens (including phenoxy) is 1. The third-order valence-corrected chi connectivity index (χ3v) is 6.95. The Morgan fingerprint density at radius 3 is 2.65 bits per heavy atom. The van der Waals surface area contributed by atoms with E-state index >= 15 is 0 Å². The molecule has 168 valence electrons. The molecule has 3 heterocycles. The van der Waals surface area contributed by atoms with Crippen molar-refractivity contribution in [2.75, 3.05) is 26.3 Å². The van der Waals surface area contributed by atoms with Gasteiger partial charge in [0.1, 0.15) is 0 Å². The second-order valence-electron chi connectivity index (χ2n) is 8.71. The van der Waals surface area contributed by atoms with Crippen molar-refractivity contribution in [2.45, 2.75) is 50.3 Å². The van der Waals surface area contributed by atoms with Crippen molar-refractivity contribution in [1.82, 2.24) is 15.1 Å². The zero-order valence-corrected chi connectivity index (χ0v) is 18.1. The number of benzene rings is 1. The van der Waals surface area contributed by atoms with Gasteiger partial charge in [0.05, 0.1) is 17.8 Å². The average Bonchev–Trinajstić information content (AvgIpc) is 3.12. The van der Waals surface area contributed by atoms with E-state index in [4.69, 9.17) is 10.5 Å². The minimum atomic E-state index is -0.446. The molecule has 2 saturated heterocycles. The fourth-order valence-corrected chi connectivity index (χ4v) is 5.14. The Bertz CT molecular complexity index is 813. The van der Waals surface area contributed by atoms with Crippen LogP contribution in [0.25, 0.3) is 5.70 Å². The van der Waals surface area contributed by atoms with Crippen molar-refractivity contribution in [3.63, 3.8) is 0 Å². The van der Waals surface area contributed by atoms with Crippen LogP contribution < -0.4 is 11.1 Å². The van der Waals surface area contributed by atoms with E-state index in [9.17, 15) is 9.90 Å². The molecule has 2 fully saturated rings. The fraction of sp³-hybridized carbons (Fsp3) is 0.542. The van der Waals surface area contributed by atoms with Crippen molar-refractivity contribution in [3.05, 3.63) is 54.4 Å². The van der Waals surface area contributed by atoms with Gasteiger partial charge in [-0.05, 0) is 49.8 Å². The van der Waals surface area contributed by atoms with Crippen molar-refractivity contribution in [1.29, 1.82) is 0 Å². The summed E-state index contributed by atoms with van der Waals surface area (Å²) in [4.78, 5) is 16.5. The minimum Gasteiger partial charge on any atom is -0.403 e. The Kier molecular flexibility index (Phi) is 6.83. The highest BCUT2D eigenvalue weighted by molar-refractivity contribution is 5.74. The van der Waals surface area contributed by atoms with Crippen LogP contribution in [0.3, 0.4) is 0 Å². The molecular weight excluding hydrogens is 392 g/mol. The van der Waals surface area contributed by atoms with E-state index in [2.05, 4.69) is 28.9 Å². The number of amides is 2. The maximum Gasteiger partial charge on any atom is 0.317 e. The van der Waals surface area contributed by atoms with Crippen molar-refractivity contribution in [3.8, 4) is 0 Å². The molecular formula is C24H34N4O3. The first-order valence-corrected chi connectivity index (χ1v) is 11.4. The van der Waals surface area contributed by atoms with E-state index in [1.165, 1.54) is 5.56 Å². The second kappa shape index (κ2) is 9.75. The summed E-state index contributed by atoms with van der Waals surface area (Å²) in [5.74, 6) is 0.178.